The van der Waals surface area contributed by atoms with Crippen molar-refractivity contribution in [3.05, 3.63) is 64.0 Å². The number of carbonyl (C=O) groups excluding carboxylic acids is 1. The molecule has 6 heteroatoms. The molecular formula is C16H8Cl2FNOS. The molecule has 0 N–H and O–H groups in total. The highest BCUT2D eigenvalue weighted by atomic mass is 35.5. The van der Waals surface area contributed by atoms with E-state index in [1.54, 1.807) is 18.2 Å². The zero-order valence-electron chi connectivity index (χ0n) is 11.0. The highest BCUT2D eigenvalue weighted by Crippen LogP contribution is 2.36. The van der Waals surface area contributed by atoms with Gasteiger partial charge in [0.2, 0.25) is 0 Å². The lowest BCUT2D eigenvalue weighted by atomic mass is 10.1. The Morgan fingerprint density at radius 3 is 2.36 bits per heavy atom. The number of benzene rings is 2. The topological polar surface area (TPSA) is 30.0 Å². The Hall–Kier alpha value is -1.75. The van der Waals surface area contributed by atoms with Gasteiger partial charge in [0.25, 0.3) is 0 Å². The molecule has 0 fully saturated rings. The second kappa shape index (κ2) is 6.16. The van der Waals surface area contributed by atoms with Crippen LogP contribution in [0.3, 0.4) is 0 Å². The van der Waals surface area contributed by atoms with Gasteiger partial charge in [0.1, 0.15) is 16.5 Å². The van der Waals surface area contributed by atoms with Crippen LogP contribution in [0.4, 0.5) is 4.39 Å². The molecule has 0 unspecified atom stereocenters. The van der Waals surface area contributed by atoms with E-state index in [0.29, 0.717) is 32.5 Å². The minimum Gasteiger partial charge on any atom is -0.296 e. The summed E-state index contributed by atoms with van der Waals surface area (Å²) < 4.78 is 13.3. The van der Waals surface area contributed by atoms with Crippen LogP contribution in [0.1, 0.15) is 10.5 Å². The summed E-state index contributed by atoms with van der Waals surface area (Å²) in [5, 5.41) is 1.33. The summed E-state index contributed by atoms with van der Waals surface area (Å²) in [5.41, 5.74) is 1.82. The Labute approximate surface area is 140 Å². The first-order valence-corrected chi connectivity index (χ1v) is 7.83. The van der Waals surface area contributed by atoms with Gasteiger partial charge in [-0.1, -0.05) is 41.4 Å². The molecule has 0 saturated heterocycles. The summed E-state index contributed by atoms with van der Waals surface area (Å²) in [4.78, 5) is 16.2. The average molecular weight is 352 g/mol. The molecule has 2 aromatic carbocycles. The van der Waals surface area contributed by atoms with E-state index >= 15 is 0 Å². The normalized spacial score (nSPS) is 10.7. The molecular weight excluding hydrogens is 344 g/mol. The maximum atomic E-state index is 13.3. The summed E-state index contributed by atoms with van der Waals surface area (Å²) >= 11 is 13.0. The van der Waals surface area contributed by atoms with E-state index in [1.165, 1.54) is 23.5 Å². The Balaban J connectivity index is 2.10. The fourth-order valence-electron chi connectivity index (χ4n) is 1.97. The zero-order valence-corrected chi connectivity index (χ0v) is 13.3. The number of carbonyl (C=O) groups is 1. The van der Waals surface area contributed by atoms with Crippen LogP contribution in [0, 0.1) is 5.82 Å². The maximum Gasteiger partial charge on any atom is 0.169 e. The van der Waals surface area contributed by atoms with Crippen LogP contribution in [0.2, 0.25) is 10.0 Å². The van der Waals surface area contributed by atoms with E-state index in [2.05, 4.69) is 4.98 Å². The number of hydrogen-bond acceptors (Lipinski definition) is 3. The third-order valence-corrected chi connectivity index (χ3v) is 4.75. The third kappa shape index (κ3) is 2.90. The Morgan fingerprint density at radius 1 is 1.05 bits per heavy atom. The largest absolute Gasteiger partial charge is 0.296 e. The van der Waals surface area contributed by atoms with Gasteiger partial charge in [-0.05, 0) is 29.8 Å². The number of aromatic nitrogens is 1. The van der Waals surface area contributed by atoms with Crippen LogP contribution in [0.5, 0.6) is 0 Å². The van der Waals surface area contributed by atoms with Gasteiger partial charge in [-0.25, -0.2) is 9.37 Å². The monoisotopic (exact) mass is 351 g/mol. The standard InChI is InChI=1S/C16H8Cl2FNOS/c17-11-4-1-9(2-5-11)16-20-14(8-21)15(22-16)10-3-6-13(19)12(18)7-10/h1-8H. The highest BCUT2D eigenvalue weighted by molar-refractivity contribution is 7.18. The lowest BCUT2D eigenvalue weighted by molar-refractivity contribution is 0.112. The van der Waals surface area contributed by atoms with Crippen molar-refractivity contribution in [3.63, 3.8) is 0 Å². The quantitative estimate of drug-likeness (QED) is 0.563. The fourth-order valence-corrected chi connectivity index (χ4v) is 3.31. The van der Waals surface area contributed by atoms with Crippen molar-refractivity contribution >= 4 is 40.8 Å². The summed E-state index contributed by atoms with van der Waals surface area (Å²) in [6.45, 7) is 0. The molecule has 0 radical (unpaired) electrons. The van der Waals surface area contributed by atoms with Crippen LogP contribution in [0.25, 0.3) is 21.0 Å². The van der Waals surface area contributed by atoms with Gasteiger partial charge in [0.05, 0.1) is 9.90 Å². The van der Waals surface area contributed by atoms with Gasteiger partial charge in [0, 0.05) is 10.6 Å². The minimum atomic E-state index is -0.500. The van der Waals surface area contributed by atoms with Crippen LogP contribution < -0.4 is 0 Å². The molecule has 0 bridgehead atoms. The summed E-state index contributed by atoms with van der Waals surface area (Å²) in [6, 6.07) is 11.5. The van der Waals surface area contributed by atoms with E-state index < -0.39 is 5.82 Å². The van der Waals surface area contributed by atoms with E-state index in [9.17, 15) is 9.18 Å². The molecule has 3 aromatic rings. The lowest BCUT2D eigenvalue weighted by Crippen LogP contribution is -1.85. The number of nitrogens with zero attached hydrogens (tertiary/aromatic N) is 1. The van der Waals surface area contributed by atoms with Gasteiger partial charge >= 0.3 is 0 Å². The minimum absolute atomic E-state index is 0.00999. The Morgan fingerprint density at radius 2 is 1.73 bits per heavy atom. The maximum absolute atomic E-state index is 13.3. The van der Waals surface area contributed by atoms with Crippen molar-refractivity contribution in [2.75, 3.05) is 0 Å². The van der Waals surface area contributed by atoms with E-state index in [0.717, 1.165) is 5.56 Å². The van der Waals surface area contributed by atoms with Crippen LogP contribution in [-0.4, -0.2) is 11.3 Å². The molecule has 2 nitrogen and oxygen atoms in total. The molecule has 0 amide bonds. The van der Waals surface area contributed by atoms with E-state index in [4.69, 9.17) is 23.2 Å². The Kier molecular flexibility index (Phi) is 4.25. The van der Waals surface area contributed by atoms with E-state index in [1.807, 2.05) is 12.1 Å². The van der Waals surface area contributed by atoms with Crippen molar-refractivity contribution in [1.82, 2.24) is 4.98 Å². The average Bonchev–Trinajstić information content (AvgIpc) is 2.95. The third-order valence-electron chi connectivity index (χ3n) is 3.04. The summed E-state index contributed by atoms with van der Waals surface area (Å²) in [5.74, 6) is -0.500. The molecule has 0 aliphatic carbocycles. The molecule has 22 heavy (non-hydrogen) atoms. The first-order valence-electron chi connectivity index (χ1n) is 6.26. The second-order valence-corrected chi connectivity index (χ2v) is 6.33. The molecule has 1 heterocycles. The van der Waals surface area contributed by atoms with Crippen molar-refractivity contribution in [2.24, 2.45) is 0 Å². The second-order valence-electron chi connectivity index (χ2n) is 4.49. The summed E-state index contributed by atoms with van der Waals surface area (Å²) in [7, 11) is 0. The van der Waals surface area contributed by atoms with E-state index in [-0.39, 0.29) is 5.02 Å². The first kappa shape index (κ1) is 15.2. The van der Waals surface area contributed by atoms with Gasteiger partial charge in [0.15, 0.2) is 6.29 Å². The van der Waals surface area contributed by atoms with Crippen molar-refractivity contribution in [1.29, 1.82) is 0 Å². The predicted octanol–water partition coefficient (Wildman–Crippen LogP) is 5.74. The number of rotatable bonds is 3. The number of halogens is 3. The first-order chi connectivity index (χ1) is 10.6. The SMILES string of the molecule is O=Cc1nc(-c2ccc(Cl)cc2)sc1-c1ccc(F)c(Cl)c1. The van der Waals surface area contributed by atoms with Crippen LogP contribution in [0.15, 0.2) is 42.5 Å². The van der Waals surface area contributed by atoms with Crippen molar-refractivity contribution < 1.29 is 9.18 Å². The van der Waals surface area contributed by atoms with Gasteiger partial charge in [-0.3, -0.25) is 4.79 Å². The number of thiazole rings is 1. The zero-order chi connectivity index (χ0) is 15.7. The highest BCUT2D eigenvalue weighted by Gasteiger charge is 2.15. The molecule has 0 spiro atoms. The fraction of sp³-hybridized carbons (Fsp3) is 0. The molecule has 0 aliphatic heterocycles. The van der Waals surface area contributed by atoms with Crippen molar-refractivity contribution in [2.45, 2.75) is 0 Å². The van der Waals surface area contributed by atoms with Crippen LogP contribution in [-0.2, 0) is 0 Å². The van der Waals surface area contributed by atoms with Gasteiger partial charge < -0.3 is 0 Å². The number of aldehydes is 1. The molecule has 0 saturated carbocycles. The van der Waals surface area contributed by atoms with Gasteiger partial charge in [-0.2, -0.15) is 0 Å². The Bertz CT molecular complexity index is 846. The molecule has 0 aliphatic rings. The molecule has 0 atom stereocenters. The van der Waals surface area contributed by atoms with Crippen LogP contribution >= 0.6 is 34.5 Å². The molecule has 110 valence electrons. The smallest absolute Gasteiger partial charge is 0.169 e. The lowest BCUT2D eigenvalue weighted by Gasteiger charge is -2.00. The molecule has 3 rings (SSSR count). The van der Waals surface area contributed by atoms with Crippen molar-refractivity contribution in [3.8, 4) is 21.0 Å². The number of hydrogen-bond donors (Lipinski definition) is 0. The van der Waals surface area contributed by atoms with Gasteiger partial charge in [-0.15, -0.1) is 11.3 Å². The summed E-state index contributed by atoms with van der Waals surface area (Å²) in [6.07, 6.45) is 0.683. The molecule has 1 aromatic heterocycles. The predicted molar refractivity (Wildman–Crippen MR) is 88.4 cm³/mol.